The number of hydrogen-bond acceptors (Lipinski definition) is 16. The lowest BCUT2D eigenvalue weighted by molar-refractivity contribution is -0.376. The maximum absolute atomic E-state index is 13.5. The predicted molar refractivity (Wildman–Crippen MR) is 206 cm³/mol. The Bertz CT molecular complexity index is 2120. The standard InChI is InChI=1S/C39H45F2N7O13/c40-27-17-25(18-28(41)21-27)23-44-38(51)39(52)6-9-47(61-39)29-1-3-31-26(19-29)20-32(45-31)37(50)43-8-12-54-14-16-55-15-13-53-11-7-42-35(49)24-56-30-2-4-33-34(22-30)60-48(59-33)36-5-10-57-46-58-36/h1-4,17-22,36,45-46,52H,5-16,23-24H2,(H,42,49)(H,43,50)(H,44,51). The average molecular weight is 858 g/mol. The van der Waals surface area contributed by atoms with Gasteiger partial charge in [-0.15, -0.1) is 0 Å². The molecule has 0 aliphatic carbocycles. The molecular formula is C39H45F2N7O13. The number of carbonyl (C=O) groups is 3. The zero-order chi connectivity index (χ0) is 42.6. The molecule has 0 saturated carbocycles. The molecule has 6 N–H and O–H groups in total. The lowest BCUT2D eigenvalue weighted by atomic mass is 10.1. The average Bonchev–Trinajstić information content (AvgIpc) is 4.00. The number of hydroxylamine groups is 3. The molecule has 2 unspecified atom stereocenters. The topological polar surface area (TPSA) is 225 Å². The highest BCUT2D eigenvalue weighted by Gasteiger charge is 2.45. The van der Waals surface area contributed by atoms with Crippen LogP contribution in [0, 0.1) is 11.6 Å². The maximum atomic E-state index is 13.5. The number of carbonyl (C=O) groups excluding carboxylic acids is 3. The van der Waals surface area contributed by atoms with Gasteiger partial charge in [-0.3, -0.25) is 29.1 Å². The van der Waals surface area contributed by atoms with Crippen molar-refractivity contribution >= 4 is 34.3 Å². The van der Waals surface area contributed by atoms with Crippen LogP contribution in [0.4, 0.5) is 14.5 Å². The van der Waals surface area contributed by atoms with E-state index in [2.05, 4.69) is 26.6 Å². The van der Waals surface area contributed by atoms with E-state index in [0.29, 0.717) is 85.5 Å². The van der Waals surface area contributed by atoms with Gasteiger partial charge in [0.05, 0.1) is 63.7 Å². The number of hydrogen-bond donors (Lipinski definition) is 6. The quantitative estimate of drug-likeness (QED) is 0.0656. The normalized spacial score (nSPS) is 18.7. The highest BCUT2D eigenvalue weighted by molar-refractivity contribution is 5.98. The minimum atomic E-state index is -2.18. The first kappa shape index (κ1) is 43.4. The van der Waals surface area contributed by atoms with Gasteiger partial charge < -0.3 is 54.7 Å². The molecule has 61 heavy (non-hydrogen) atoms. The van der Waals surface area contributed by atoms with Gasteiger partial charge in [0.2, 0.25) is 6.23 Å². The van der Waals surface area contributed by atoms with E-state index >= 15 is 0 Å². The summed E-state index contributed by atoms with van der Waals surface area (Å²) < 4.78 is 49.1. The second-order valence-electron chi connectivity index (χ2n) is 13.7. The van der Waals surface area contributed by atoms with Gasteiger partial charge in [-0.1, -0.05) is 5.64 Å². The van der Waals surface area contributed by atoms with Crippen LogP contribution in [0.25, 0.3) is 10.9 Å². The first-order valence-corrected chi connectivity index (χ1v) is 19.4. The Morgan fingerprint density at radius 2 is 1.59 bits per heavy atom. The van der Waals surface area contributed by atoms with Crippen molar-refractivity contribution in [3.63, 3.8) is 0 Å². The van der Waals surface area contributed by atoms with Crippen molar-refractivity contribution < 1.29 is 71.4 Å². The molecule has 4 heterocycles. The van der Waals surface area contributed by atoms with Crippen molar-refractivity contribution in [2.75, 3.05) is 77.6 Å². The summed E-state index contributed by atoms with van der Waals surface area (Å²) in [5.41, 5.74) is 4.06. The Balaban J connectivity index is 0.697. The van der Waals surface area contributed by atoms with Crippen LogP contribution in [0.5, 0.6) is 17.2 Å². The predicted octanol–water partition coefficient (Wildman–Crippen LogP) is 1.65. The van der Waals surface area contributed by atoms with Gasteiger partial charge in [0.25, 0.3) is 23.5 Å². The van der Waals surface area contributed by atoms with Gasteiger partial charge in [0, 0.05) is 55.5 Å². The van der Waals surface area contributed by atoms with Gasteiger partial charge in [0.15, 0.2) is 18.1 Å². The summed E-state index contributed by atoms with van der Waals surface area (Å²) in [5.74, 6) is -3.92. The van der Waals surface area contributed by atoms with E-state index in [-0.39, 0.29) is 63.3 Å². The van der Waals surface area contributed by atoms with Crippen LogP contribution in [0.15, 0.2) is 60.7 Å². The fraction of sp³-hybridized carbons (Fsp3) is 0.410. The third kappa shape index (κ3) is 12.0. The summed E-state index contributed by atoms with van der Waals surface area (Å²) in [7, 11) is 0. The Labute approximate surface area is 346 Å². The zero-order valence-corrected chi connectivity index (χ0v) is 32.7. The summed E-state index contributed by atoms with van der Waals surface area (Å²) >= 11 is 0. The zero-order valence-electron chi connectivity index (χ0n) is 32.7. The Morgan fingerprint density at radius 3 is 2.34 bits per heavy atom. The molecular weight excluding hydrogens is 812 g/mol. The summed E-state index contributed by atoms with van der Waals surface area (Å²) in [4.78, 5) is 67.7. The molecule has 4 aromatic rings. The number of benzene rings is 3. The molecule has 0 radical (unpaired) electrons. The molecule has 3 aromatic carbocycles. The van der Waals surface area contributed by atoms with E-state index in [9.17, 15) is 28.3 Å². The molecule has 2 saturated heterocycles. The van der Waals surface area contributed by atoms with E-state index in [4.69, 9.17) is 43.1 Å². The van der Waals surface area contributed by atoms with Crippen molar-refractivity contribution in [3.8, 4) is 17.2 Å². The Kier molecular flexibility index (Phi) is 14.7. The summed E-state index contributed by atoms with van der Waals surface area (Å²) in [6.07, 6.45) is -0.0337. The summed E-state index contributed by atoms with van der Waals surface area (Å²) in [6, 6.07) is 14.7. The lowest BCUT2D eigenvalue weighted by Gasteiger charge is -2.26. The second-order valence-corrected chi connectivity index (χ2v) is 13.7. The van der Waals surface area contributed by atoms with Crippen LogP contribution in [0.1, 0.15) is 28.9 Å². The Morgan fingerprint density at radius 1 is 0.852 bits per heavy atom. The van der Waals surface area contributed by atoms with Crippen molar-refractivity contribution in [1.82, 2.24) is 31.8 Å². The molecule has 2 atom stereocenters. The van der Waals surface area contributed by atoms with Gasteiger partial charge in [-0.05, 0) is 54.1 Å². The SMILES string of the molecule is O=C(COc1ccc2c(c1)ON(C1CCONO1)O2)NCCOCCOCCOCCNC(=O)c1cc2cc(N3CCC(O)(C(=O)NCc4cc(F)cc(F)c4)O3)ccc2[nH]1. The molecule has 0 bridgehead atoms. The first-order valence-electron chi connectivity index (χ1n) is 19.4. The van der Waals surface area contributed by atoms with Crippen LogP contribution >= 0.6 is 0 Å². The van der Waals surface area contributed by atoms with E-state index < -0.39 is 29.6 Å². The number of rotatable bonds is 21. The largest absolute Gasteiger partial charge is 0.484 e. The van der Waals surface area contributed by atoms with Crippen LogP contribution in [-0.2, 0) is 44.9 Å². The number of aliphatic hydroxyl groups is 1. The molecule has 328 valence electrons. The van der Waals surface area contributed by atoms with Crippen LogP contribution in [0.3, 0.4) is 0 Å². The number of aromatic amines is 1. The fourth-order valence-electron chi connectivity index (χ4n) is 6.18. The van der Waals surface area contributed by atoms with Crippen molar-refractivity contribution in [2.24, 2.45) is 0 Å². The molecule has 0 spiro atoms. The van der Waals surface area contributed by atoms with Gasteiger partial charge >= 0.3 is 0 Å². The third-order valence-corrected chi connectivity index (χ3v) is 9.23. The minimum absolute atomic E-state index is 0.0574. The fourth-order valence-corrected chi connectivity index (χ4v) is 6.18. The molecule has 1 aromatic heterocycles. The molecule has 2 fully saturated rings. The van der Waals surface area contributed by atoms with Gasteiger partial charge in [-0.2, -0.15) is 0 Å². The lowest BCUT2D eigenvalue weighted by Crippen LogP contribution is -2.47. The number of ether oxygens (including phenoxy) is 4. The van der Waals surface area contributed by atoms with E-state index in [1.165, 1.54) is 10.3 Å². The first-order chi connectivity index (χ1) is 29.6. The number of aromatic nitrogens is 1. The molecule has 3 amide bonds. The van der Waals surface area contributed by atoms with Crippen LogP contribution in [-0.4, -0.2) is 118 Å². The highest BCUT2D eigenvalue weighted by Crippen LogP contribution is 2.38. The molecule has 7 rings (SSSR count). The number of anilines is 1. The van der Waals surface area contributed by atoms with E-state index in [1.807, 2.05) is 0 Å². The number of amides is 3. The second kappa shape index (κ2) is 20.7. The van der Waals surface area contributed by atoms with E-state index in [1.54, 1.807) is 42.5 Å². The Hall–Kier alpha value is -5.69. The number of H-pyrrole nitrogens is 1. The van der Waals surface area contributed by atoms with Crippen LogP contribution < -0.4 is 41.1 Å². The molecule has 22 heteroatoms. The van der Waals surface area contributed by atoms with Gasteiger partial charge in [-0.25, -0.2) is 13.6 Å². The smallest absolute Gasteiger partial charge is 0.282 e. The molecule has 3 aliphatic heterocycles. The number of nitrogens with one attached hydrogen (secondary N) is 5. The minimum Gasteiger partial charge on any atom is -0.484 e. The summed E-state index contributed by atoms with van der Waals surface area (Å²) in [5, 5.41) is 22.1. The number of halogens is 2. The molecule has 20 nitrogen and oxygen atoms in total. The number of fused-ring (bicyclic) bond motifs is 2. The maximum Gasteiger partial charge on any atom is 0.282 e. The van der Waals surface area contributed by atoms with Gasteiger partial charge in [0.1, 0.15) is 23.1 Å². The van der Waals surface area contributed by atoms with Crippen molar-refractivity contribution in [1.29, 1.82) is 0 Å². The molecule has 3 aliphatic rings. The van der Waals surface area contributed by atoms with Crippen LogP contribution in [0.2, 0.25) is 0 Å². The van der Waals surface area contributed by atoms with E-state index in [0.717, 1.165) is 18.2 Å². The van der Waals surface area contributed by atoms with Crippen molar-refractivity contribution in [2.45, 2.75) is 31.4 Å². The van der Waals surface area contributed by atoms with Crippen molar-refractivity contribution in [3.05, 3.63) is 83.6 Å². The third-order valence-electron chi connectivity index (χ3n) is 9.23. The monoisotopic (exact) mass is 857 g/mol. The summed E-state index contributed by atoms with van der Waals surface area (Å²) in [6.45, 7) is 2.60. The number of nitrogens with zero attached hydrogens (tertiary/aromatic N) is 2. The highest BCUT2D eigenvalue weighted by atomic mass is 19.1.